The van der Waals surface area contributed by atoms with Crippen LogP contribution in [0.3, 0.4) is 0 Å². The van der Waals surface area contributed by atoms with Crippen molar-refractivity contribution in [3.63, 3.8) is 0 Å². The minimum Gasteiger partial charge on any atom is -0.423 e. The number of hydrogen-bond acceptors (Lipinski definition) is 5. The number of carbonyl (C=O) groups excluding carboxylic acids is 2. The fraction of sp³-hybridized carbons (Fsp3) is 0.250. The molecule has 3 aromatic rings. The van der Waals surface area contributed by atoms with Crippen LogP contribution in [0.15, 0.2) is 57.4 Å². The van der Waals surface area contributed by atoms with E-state index in [2.05, 4.69) is 31.8 Å². The van der Waals surface area contributed by atoms with Crippen molar-refractivity contribution in [1.82, 2.24) is 15.8 Å². The van der Waals surface area contributed by atoms with Crippen molar-refractivity contribution in [1.29, 1.82) is 0 Å². The minimum absolute atomic E-state index is 0.167. The lowest BCUT2D eigenvalue weighted by Crippen LogP contribution is -2.47. The van der Waals surface area contributed by atoms with Gasteiger partial charge in [-0.3, -0.25) is 20.4 Å². The van der Waals surface area contributed by atoms with Crippen LogP contribution in [0.2, 0.25) is 0 Å². The topological polar surface area (TPSA) is 87.5 Å². The zero-order valence-corrected chi connectivity index (χ0v) is 16.6. The summed E-state index contributed by atoms with van der Waals surface area (Å²) >= 11 is 3.33. The van der Waals surface area contributed by atoms with Crippen LogP contribution >= 0.6 is 15.9 Å². The first kappa shape index (κ1) is 18.5. The zero-order valence-electron chi connectivity index (χ0n) is 15.0. The number of nitrogens with one attached hydrogen (secondary N) is 2. The quantitative estimate of drug-likeness (QED) is 0.607. The molecular formula is C20H19BrN4O3. The molecule has 0 aliphatic carbocycles. The lowest BCUT2D eigenvalue weighted by molar-refractivity contribution is -0.126. The van der Waals surface area contributed by atoms with E-state index in [1.54, 1.807) is 18.2 Å². The molecule has 1 saturated heterocycles. The number of hydrogen-bond donors (Lipinski definition) is 2. The second kappa shape index (κ2) is 8.02. The first-order valence-corrected chi connectivity index (χ1v) is 9.86. The van der Waals surface area contributed by atoms with Crippen LogP contribution in [0.5, 0.6) is 0 Å². The van der Waals surface area contributed by atoms with E-state index in [1.165, 1.54) is 0 Å². The Labute approximate surface area is 170 Å². The fourth-order valence-corrected chi connectivity index (χ4v) is 3.73. The van der Waals surface area contributed by atoms with Gasteiger partial charge in [-0.15, -0.1) is 0 Å². The summed E-state index contributed by atoms with van der Waals surface area (Å²) in [5.74, 6) is -0.706. The van der Waals surface area contributed by atoms with E-state index < -0.39 is 0 Å². The van der Waals surface area contributed by atoms with Crippen LogP contribution in [-0.2, 0) is 4.79 Å². The van der Waals surface area contributed by atoms with Gasteiger partial charge in [0.25, 0.3) is 11.9 Å². The van der Waals surface area contributed by atoms with Crippen molar-refractivity contribution in [3.8, 4) is 0 Å². The number of amides is 2. The number of carbonyl (C=O) groups is 2. The predicted octanol–water partition coefficient (Wildman–Crippen LogP) is 3.27. The van der Waals surface area contributed by atoms with Crippen molar-refractivity contribution >= 4 is 44.9 Å². The zero-order chi connectivity index (χ0) is 19.5. The van der Waals surface area contributed by atoms with E-state index in [4.69, 9.17) is 4.42 Å². The number of anilines is 1. The number of piperidine rings is 1. The molecule has 7 nitrogen and oxygen atoms in total. The molecule has 2 amide bonds. The molecule has 0 radical (unpaired) electrons. The number of oxazole rings is 1. The highest BCUT2D eigenvalue weighted by Crippen LogP contribution is 2.26. The molecule has 2 aromatic carbocycles. The molecule has 1 aromatic heterocycles. The number of hydrazine groups is 1. The molecule has 0 spiro atoms. The first-order chi connectivity index (χ1) is 13.6. The molecule has 1 aliphatic rings. The average molecular weight is 443 g/mol. The van der Waals surface area contributed by atoms with Gasteiger partial charge in [0.15, 0.2) is 5.58 Å². The summed E-state index contributed by atoms with van der Waals surface area (Å²) in [4.78, 5) is 31.1. The van der Waals surface area contributed by atoms with Gasteiger partial charge >= 0.3 is 0 Å². The molecule has 4 rings (SSSR count). The lowest BCUT2D eigenvalue weighted by Gasteiger charge is -2.30. The molecule has 0 unspecified atom stereocenters. The third-order valence-corrected chi connectivity index (χ3v) is 5.53. The van der Waals surface area contributed by atoms with Crippen LogP contribution in [0, 0.1) is 5.92 Å². The van der Waals surface area contributed by atoms with Crippen LogP contribution in [-0.4, -0.2) is 29.9 Å². The average Bonchev–Trinajstić information content (AvgIpc) is 3.16. The number of para-hydroxylation sites is 2. The smallest absolute Gasteiger partial charge is 0.298 e. The van der Waals surface area contributed by atoms with Crippen LogP contribution in [0.4, 0.5) is 6.01 Å². The Morgan fingerprint density at radius 2 is 1.75 bits per heavy atom. The number of aromatic nitrogens is 1. The van der Waals surface area contributed by atoms with E-state index >= 15 is 0 Å². The summed E-state index contributed by atoms with van der Waals surface area (Å²) in [5.41, 5.74) is 7.07. The third-order valence-electron chi connectivity index (χ3n) is 4.84. The Morgan fingerprint density at radius 1 is 1.04 bits per heavy atom. The number of benzene rings is 2. The molecule has 1 aliphatic heterocycles. The van der Waals surface area contributed by atoms with Gasteiger partial charge in [-0.05, 0) is 53.0 Å². The van der Waals surface area contributed by atoms with Crippen molar-refractivity contribution in [2.45, 2.75) is 12.8 Å². The minimum atomic E-state index is -0.357. The molecule has 8 heteroatoms. The molecule has 0 atom stereocenters. The maximum Gasteiger partial charge on any atom is 0.298 e. The summed E-state index contributed by atoms with van der Waals surface area (Å²) in [6, 6.07) is 15.3. The van der Waals surface area contributed by atoms with Crippen LogP contribution in [0.25, 0.3) is 11.1 Å². The van der Waals surface area contributed by atoms with E-state index in [1.807, 2.05) is 35.2 Å². The van der Waals surface area contributed by atoms with Crippen LogP contribution < -0.4 is 15.8 Å². The van der Waals surface area contributed by atoms with Crippen molar-refractivity contribution in [3.05, 3.63) is 58.6 Å². The Hall–Kier alpha value is -2.87. The highest BCUT2D eigenvalue weighted by atomic mass is 79.9. The maximum atomic E-state index is 12.4. The second-order valence-corrected chi connectivity index (χ2v) is 7.50. The summed E-state index contributed by atoms with van der Waals surface area (Å²) in [7, 11) is 0. The highest BCUT2D eigenvalue weighted by Gasteiger charge is 2.27. The van der Waals surface area contributed by atoms with Crippen molar-refractivity contribution in [2.75, 3.05) is 18.0 Å². The lowest BCUT2D eigenvalue weighted by atomic mass is 9.96. The normalized spacial score (nSPS) is 14.8. The number of halogens is 1. The molecule has 28 heavy (non-hydrogen) atoms. The summed E-state index contributed by atoms with van der Waals surface area (Å²) in [6.45, 7) is 1.34. The highest BCUT2D eigenvalue weighted by molar-refractivity contribution is 9.10. The van der Waals surface area contributed by atoms with E-state index in [-0.39, 0.29) is 17.7 Å². The molecular weight excluding hydrogens is 424 g/mol. The Bertz CT molecular complexity index is 978. The molecule has 144 valence electrons. The molecule has 2 heterocycles. The summed E-state index contributed by atoms with van der Waals surface area (Å²) in [5, 5.41) is 0. The third kappa shape index (κ3) is 3.87. The van der Waals surface area contributed by atoms with Gasteiger partial charge in [-0.25, -0.2) is 0 Å². The number of nitrogens with zero attached hydrogens (tertiary/aromatic N) is 2. The predicted molar refractivity (Wildman–Crippen MR) is 109 cm³/mol. The van der Waals surface area contributed by atoms with Gasteiger partial charge in [0.1, 0.15) is 5.52 Å². The van der Waals surface area contributed by atoms with E-state index in [9.17, 15) is 9.59 Å². The van der Waals surface area contributed by atoms with Gasteiger partial charge < -0.3 is 9.32 Å². The largest absolute Gasteiger partial charge is 0.423 e. The Morgan fingerprint density at radius 3 is 2.50 bits per heavy atom. The number of fused-ring (bicyclic) bond motifs is 1. The Kier molecular flexibility index (Phi) is 5.29. The maximum absolute atomic E-state index is 12.4. The fourth-order valence-electron chi connectivity index (χ4n) is 3.26. The Balaban J connectivity index is 1.30. The summed E-state index contributed by atoms with van der Waals surface area (Å²) < 4.78 is 6.47. The van der Waals surface area contributed by atoms with Crippen molar-refractivity contribution in [2.24, 2.45) is 5.92 Å². The molecule has 1 fully saturated rings. The van der Waals surface area contributed by atoms with Gasteiger partial charge in [-0.1, -0.05) is 24.3 Å². The van der Waals surface area contributed by atoms with Crippen LogP contribution in [0.1, 0.15) is 23.2 Å². The first-order valence-electron chi connectivity index (χ1n) is 9.07. The van der Waals surface area contributed by atoms with Gasteiger partial charge in [-0.2, -0.15) is 4.98 Å². The summed E-state index contributed by atoms with van der Waals surface area (Å²) in [6.07, 6.45) is 1.32. The van der Waals surface area contributed by atoms with Gasteiger partial charge in [0.2, 0.25) is 5.91 Å². The SMILES string of the molecule is O=C(NNC(=O)C1CCN(c2nc3ccccc3o2)CC1)c1ccccc1Br. The molecule has 0 saturated carbocycles. The monoisotopic (exact) mass is 442 g/mol. The van der Waals surface area contributed by atoms with Gasteiger partial charge in [0, 0.05) is 23.5 Å². The molecule has 0 bridgehead atoms. The second-order valence-electron chi connectivity index (χ2n) is 6.65. The standard InChI is InChI=1S/C20H19BrN4O3/c21-15-6-2-1-5-14(15)19(27)24-23-18(26)13-9-11-25(12-10-13)20-22-16-7-3-4-8-17(16)28-20/h1-8,13H,9-12H2,(H,23,26)(H,24,27). The molecule has 2 N–H and O–H groups in total. The van der Waals surface area contributed by atoms with E-state index in [0.717, 1.165) is 11.1 Å². The number of rotatable bonds is 3. The van der Waals surface area contributed by atoms with Crippen molar-refractivity contribution < 1.29 is 14.0 Å². The van der Waals surface area contributed by atoms with Gasteiger partial charge in [0.05, 0.1) is 5.56 Å². The van der Waals surface area contributed by atoms with E-state index in [0.29, 0.717) is 42.0 Å².